The lowest BCUT2D eigenvalue weighted by molar-refractivity contribution is -0.127. The van der Waals surface area contributed by atoms with E-state index in [1.807, 2.05) is 38.1 Å². The van der Waals surface area contributed by atoms with Crippen LogP contribution in [0.5, 0.6) is 0 Å². The smallest absolute Gasteiger partial charge is 0.243 e. The molecule has 2 heterocycles. The maximum atomic E-state index is 12.4. The lowest BCUT2D eigenvalue weighted by Gasteiger charge is -2.34. The molecule has 0 saturated carbocycles. The van der Waals surface area contributed by atoms with E-state index in [0.717, 1.165) is 31.5 Å². The van der Waals surface area contributed by atoms with Crippen molar-refractivity contribution in [3.63, 3.8) is 0 Å². The third-order valence-electron chi connectivity index (χ3n) is 5.01. The first-order chi connectivity index (χ1) is 13.0. The number of hydrogen-bond acceptors (Lipinski definition) is 6. The Kier molecular flexibility index (Phi) is 6.52. The number of amides is 2. The van der Waals surface area contributed by atoms with Gasteiger partial charge in [-0.05, 0) is 45.3 Å². The molecule has 1 aliphatic rings. The van der Waals surface area contributed by atoms with Crippen LogP contribution >= 0.6 is 11.3 Å². The number of carbonyl (C=O) groups excluding carboxylic acids is 2. The molecule has 2 aromatic rings. The molecule has 7 nitrogen and oxygen atoms in total. The molecule has 27 heavy (non-hydrogen) atoms. The van der Waals surface area contributed by atoms with Crippen LogP contribution in [0, 0.1) is 12.8 Å². The van der Waals surface area contributed by atoms with Gasteiger partial charge in [-0.3, -0.25) is 19.8 Å². The van der Waals surface area contributed by atoms with Gasteiger partial charge in [0.25, 0.3) is 0 Å². The number of benzene rings is 1. The molecule has 0 spiro atoms. The summed E-state index contributed by atoms with van der Waals surface area (Å²) in [5.41, 5.74) is 3.90. The van der Waals surface area contributed by atoms with Crippen molar-refractivity contribution >= 4 is 28.3 Å². The van der Waals surface area contributed by atoms with Crippen LogP contribution in [0.15, 0.2) is 29.8 Å². The summed E-state index contributed by atoms with van der Waals surface area (Å²) in [6, 6.07) is 7.92. The Bertz CT molecular complexity index is 755. The number of hydrogen-bond donors (Lipinski definition) is 2. The van der Waals surface area contributed by atoms with E-state index in [2.05, 4.69) is 25.7 Å². The second-order valence-electron chi connectivity index (χ2n) is 6.92. The molecule has 144 valence electrons. The lowest BCUT2D eigenvalue weighted by atomic mass is 9.94. The quantitative estimate of drug-likeness (QED) is 0.793. The first-order valence-corrected chi connectivity index (χ1v) is 10.0. The number of carbonyl (C=O) groups is 2. The Morgan fingerprint density at radius 3 is 2.59 bits per heavy atom. The predicted octanol–water partition coefficient (Wildman–Crippen LogP) is 2.20. The number of rotatable bonds is 6. The Balaban J connectivity index is 1.42. The molecule has 2 amide bonds. The maximum absolute atomic E-state index is 12.4. The molecule has 1 aromatic heterocycles. The molecule has 1 saturated heterocycles. The zero-order valence-electron chi connectivity index (χ0n) is 15.6. The highest BCUT2D eigenvalue weighted by molar-refractivity contribution is 7.13. The molecule has 0 aliphatic carbocycles. The van der Waals surface area contributed by atoms with Crippen molar-refractivity contribution in [3.05, 3.63) is 40.9 Å². The van der Waals surface area contributed by atoms with Crippen LogP contribution in [0.2, 0.25) is 0 Å². The predicted molar refractivity (Wildman–Crippen MR) is 105 cm³/mol. The Labute approximate surface area is 163 Å². The summed E-state index contributed by atoms with van der Waals surface area (Å²) < 4.78 is 0. The van der Waals surface area contributed by atoms with Gasteiger partial charge in [0, 0.05) is 12.5 Å². The van der Waals surface area contributed by atoms with Crippen LogP contribution in [-0.2, 0) is 16.1 Å². The molecule has 1 aromatic carbocycles. The minimum atomic E-state index is -0.259. The van der Waals surface area contributed by atoms with E-state index in [4.69, 9.17) is 0 Å². The summed E-state index contributed by atoms with van der Waals surface area (Å²) in [6.45, 7) is 5.94. The molecule has 2 N–H and O–H groups in total. The Morgan fingerprint density at radius 2 is 1.96 bits per heavy atom. The van der Waals surface area contributed by atoms with Gasteiger partial charge in [0.2, 0.25) is 16.9 Å². The normalized spacial score (nSPS) is 16.7. The van der Waals surface area contributed by atoms with Crippen LogP contribution in [-0.4, -0.2) is 46.0 Å². The van der Waals surface area contributed by atoms with Gasteiger partial charge in [-0.2, -0.15) is 0 Å². The van der Waals surface area contributed by atoms with E-state index in [1.54, 1.807) is 5.51 Å². The van der Waals surface area contributed by atoms with E-state index < -0.39 is 0 Å². The summed E-state index contributed by atoms with van der Waals surface area (Å²) in [6.07, 6.45) is 1.52. The van der Waals surface area contributed by atoms with Crippen molar-refractivity contribution < 1.29 is 9.59 Å². The number of likely N-dealkylation sites (tertiary alicyclic amines) is 1. The minimum Gasteiger partial charge on any atom is -0.352 e. The molecule has 1 atom stereocenters. The van der Waals surface area contributed by atoms with Crippen LogP contribution < -0.4 is 10.6 Å². The number of piperidine rings is 1. The van der Waals surface area contributed by atoms with Crippen LogP contribution in [0.25, 0.3) is 0 Å². The van der Waals surface area contributed by atoms with Crippen LogP contribution in [0.4, 0.5) is 5.13 Å². The molecular formula is C19H25N5O2S. The average Bonchev–Trinajstić information content (AvgIpc) is 3.20. The van der Waals surface area contributed by atoms with Crippen molar-refractivity contribution in [2.24, 2.45) is 5.92 Å². The monoisotopic (exact) mass is 387 g/mol. The van der Waals surface area contributed by atoms with Crippen molar-refractivity contribution in [1.82, 2.24) is 20.4 Å². The van der Waals surface area contributed by atoms with Crippen LogP contribution in [0.1, 0.15) is 30.9 Å². The van der Waals surface area contributed by atoms with Crippen molar-refractivity contribution in [2.45, 2.75) is 39.3 Å². The average molecular weight is 388 g/mol. The molecule has 8 heteroatoms. The summed E-state index contributed by atoms with van der Waals surface area (Å²) in [5.74, 6) is 0.0142. The number of nitrogens with one attached hydrogen (secondary N) is 2. The minimum absolute atomic E-state index is 0.00474. The zero-order valence-corrected chi connectivity index (χ0v) is 16.5. The van der Waals surface area contributed by atoms with Gasteiger partial charge in [0.1, 0.15) is 5.51 Å². The molecular weight excluding hydrogens is 362 g/mol. The number of nitrogens with zero attached hydrogens (tertiary/aromatic N) is 3. The number of aryl methyl sites for hydroxylation is 1. The van der Waals surface area contributed by atoms with E-state index in [1.165, 1.54) is 16.9 Å². The largest absolute Gasteiger partial charge is 0.352 e. The van der Waals surface area contributed by atoms with Gasteiger partial charge >= 0.3 is 0 Å². The lowest BCUT2D eigenvalue weighted by Crippen LogP contribution is -2.48. The third-order valence-corrected chi connectivity index (χ3v) is 5.61. The van der Waals surface area contributed by atoms with Gasteiger partial charge in [0.05, 0.1) is 6.04 Å². The van der Waals surface area contributed by atoms with Gasteiger partial charge in [-0.25, -0.2) is 0 Å². The molecule has 3 rings (SSSR count). The fourth-order valence-electron chi connectivity index (χ4n) is 3.19. The highest BCUT2D eigenvalue weighted by atomic mass is 32.1. The zero-order chi connectivity index (χ0) is 19.2. The summed E-state index contributed by atoms with van der Waals surface area (Å²) in [5, 5.41) is 13.9. The maximum Gasteiger partial charge on any atom is 0.243 e. The van der Waals surface area contributed by atoms with E-state index in [9.17, 15) is 9.59 Å². The SMILES string of the molecule is Cc1ccc(CNC(=O)C2CCN(C(C)C(=O)Nc3nncs3)CC2)cc1. The highest BCUT2D eigenvalue weighted by Crippen LogP contribution is 2.20. The van der Waals surface area contributed by atoms with Crippen LogP contribution in [0.3, 0.4) is 0 Å². The van der Waals surface area contributed by atoms with Gasteiger partial charge in [-0.15, -0.1) is 10.2 Å². The molecule has 1 aliphatic heterocycles. The third kappa shape index (κ3) is 5.33. The van der Waals surface area contributed by atoms with Gasteiger partial charge in [-0.1, -0.05) is 41.2 Å². The van der Waals surface area contributed by atoms with Crippen molar-refractivity contribution in [2.75, 3.05) is 18.4 Å². The standard InChI is InChI=1S/C19H25N5O2S/c1-13-3-5-15(6-4-13)11-20-18(26)16-7-9-24(10-8-16)14(2)17(25)22-19-23-21-12-27-19/h3-6,12,14,16H,7-11H2,1-2H3,(H,20,26)(H,22,23,25). The number of aromatic nitrogens is 2. The topological polar surface area (TPSA) is 87.2 Å². The highest BCUT2D eigenvalue weighted by Gasteiger charge is 2.29. The molecule has 0 radical (unpaired) electrons. The Hall–Kier alpha value is -2.32. The van der Waals surface area contributed by atoms with E-state index >= 15 is 0 Å². The fraction of sp³-hybridized carbons (Fsp3) is 0.474. The first-order valence-electron chi connectivity index (χ1n) is 9.17. The molecule has 1 unspecified atom stereocenters. The van der Waals surface area contributed by atoms with Crippen molar-refractivity contribution in [3.8, 4) is 0 Å². The summed E-state index contributed by atoms with van der Waals surface area (Å²) in [7, 11) is 0. The first kappa shape index (κ1) is 19.4. The second-order valence-corrected chi connectivity index (χ2v) is 7.76. The second kappa shape index (κ2) is 9.05. The molecule has 0 bridgehead atoms. The summed E-state index contributed by atoms with van der Waals surface area (Å²) >= 11 is 1.30. The molecule has 1 fully saturated rings. The fourth-order valence-corrected chi connectivity index (χ4v) is 3.64. The number of anilines is 1. The van der Waals surface area contributed by atoms with E-state index in [-0.39, 0.29) is 23.8 Å². The van der Waals surface area contributed by atoms with Gasteiger partial charge < -0.3 is 5.32 Å². The summed E-state index contributed by atoms with van der Waals surface area (Å²) in [4.78, 5) is 26.9. The van der Waals surface area contributed by atoms with Gasteiger partial charge in [0.15, 0.2) is 0 Å². The Morgan fingerprint density at radius 1 is 1.26 bits per heavy atom. The van der Waals surface area contributed by atoms with Crippen molar-refractivity contribution in [1.29, 1.82) is 0 Å². The van der Waals surface area contributed by atoms with E-state index in [0.29, 0.717) is 11.7 Å².